The lowest BCUT2D eigenvalue weighted by Crippen LogP contribution is -2.15. The number of esters is 1. The summed E-state index contributed by atoms with van der Waals surface area (Å²) in [7, 11) is 1.33. The maximum absolute atomic E-state index is 12.4. The van der Waals surface area contributed by atoms with E-state index < -0.39 is 5.97 Å². The first kappa shape index (κ1) is 20.7. The van der Waals surface area contributed by atoms with Gasteiger partial charge in [0, 0.05) is 30.8 Å². The first-order valence-corrected chi connectivity index (χ1v) is 10.1. The van der Waals surface area contributed by atoms with Crippen LogP contribution in [0.4, 0.5) is 5.00 Å². The number of thiophene rings is 1. The van der Waals surface area contributed by atoms with E-state index in [1.54, 1.807) is 18.5 Å². The van der Waals surface area contributed by atoms with E-state index in [0.717, 1.165) is 17.5 Å². The van der Waals surface area contributed by atoms with E-state index >= 15 is 0 Å². The van der Waals surface area contributed by atoms with Crippen molar-refractivity contribution in [2.75, 3.05) is 12.4 Å². The topological polar surface area (TPSA) is 107 Å². The summed E-state index contributed by atoms with van der Waals surface area (Å²) in [4.78, 5) is 32.9. The third kappa shape index (κ3) is 5.26. The molecule has 152 valence electrons. The lowest BCUT2D eigenvalue weighted by atomic mass is 10.0. The lowest BCUT2D eigenvalue weighted by molar-refractivity contribution is -0.116. The molecule has 9 heteroatoms. The van der Waals surface area contributed by atoms with Crippen LogP contribution in [0.2, 0.25) is 0 Å². The number of ether oxygens (including phenoxy) is 1. The normalized spacial score (nSPS) is 10.9. The van der Waals surface area contributed by atoms with Crippen molar-refractivity contribution in [1.29, 1.82) is 0 Å². The van der Waals surface area contributed by atoms with Crippen molar-refractivity contribution in [3.05, 3.63) is 46.9 Å². The van der Waals surface area contributed by atoms with Crippen LogP contribution in [-0.2, 0) is 22.4 Å². The summed E-state index contributed by atoms with van der Waals surface area (Å²) >= 11 is 1.32. The Morgan fingerprint density at radius 1 is 1.34 bits per heavy atom. The van der Waals surface area contributed by atoms with E-state index in [1.165, 1.54) is 18.4 Å². The molecule has 29 heavy (non-hydrogen) atoms. The van der Waals surface area contributed by atoms with Gasteiger partial charge < -0.3 is 14.6 Å². The molecule has 0 radical (unpaired) electrons. The lowest BCUT2D eigenvalue weighted by Gasteiger charge is -2.08. The number of methoxy groups -OCH3 is 1. The summed E-state index contributed by atoms with van der Waals surface area (Å²) in [6.07, 6.45) is 4.47. The fraction of sp³-hybridized carbons (Fsp3) is 0.350. The highest BCUT2D eigenvalue weighted by molar-refractivity contribution is 7.15. The Morgan fingerprint density at radius 2 is 2.17 bits per heavy atom. The van der Waals surface area contributed by atoms with E-state index in [-0.39, 0.29) is 18.7 Å². The summed E-state index contributed by atoms with van der Waals surface area (Å²) in [6, 6.07) is 3.61. The van der Waals surface area contributed by atoms with Crippen LogP contribution in [0.5, 0.6) is 0 Å². The van der Waals surface area contributed by atoms with E-state index in [9.17, 15) is 9.59 Å². The molecular formula is C20H22N4O4S. The standard InChI is InChI=1S/C20H22N4O4S/c1-12(2)9-14-11-29-19(17(14)20(26)27-3)22-15(25)6-7-16-23-18(24-28-16)13-5-4-8-21-10-13/h4-5,8,10-12H,6-7,9H2,1-3H3,(H,22,25). The second kappa shape index (κ2) is 9.42. The fourth-order valence-corrected chi connectivity index (χ4v) is 3.76. The number of anilines is 1. The Kier molecular flexibility index (Phi) is 6.71. The van der Waals surface area contributed by atoms with Gasteiger partial charge in [-0.2, -0.15) is 4.98 Å². The van der Waals surface area contributed by atoms with E-state index in [0.29, 0.717) is 28.2 Å². The molecule has 0 aliphatic heterocycles. The Labute approximate surface area is 172 Å². The van der Waals surface area contributed by atoms with Crippen molar-refractivity contribution in [3.63, 3.8) is 0 Å². The molecule has 1 amide bonds. The molecule has 8 nitrogen and oxygen atoms in total. The number of hydrogen-bond acceptors (Lipinski definition) is 8. The minimum Gasteiger partial charge on any atom is -0.465 e. The monoisotopic (exact) mass is 414 g/mol. The molecule has 3 heterocycles. The number of hydrogen-bond donors (Lipinski definition) is 1. The van der Waals surface area contributed by atoms with Gasteiger partial charge in [-0.05, 0) is 35.4 Å². The van der Waals surface area contributed by atoms with Gasteiger partial charge in [0.15, 0.2) is 0 Å². The highest BCUT2D eigenvalue weighted by Gasteiger charge is 2.22. The molecule has 0 saturated carbocycles. The highest BCUT2D eigenvalue weighted by Crippen LogP contribution is 2.31. The summed E-state index contributed by atoms with van der Waals surface area (Å²) in [6.45, 7) is 4.14. The smallest absolute Gasteiger partial charge is 0.341 e. The molecule has 3 aromatic heterocycles. The number of nitrogens with one attached hydrogen (secondary N) is 1. The molecule has 0 aliphatic rings. The van der Waals surface area contributed by atoms with Gasteiger partial charge in [-0.15, -0.1) is 11.3 Å². The average molecular weight is 414 g/mol. The molecule has 0 saturated heterocycles. The van der Waals surface area contributed by atoms with Crippen LogP contribution in [0.15, 0.2) is 34.4 Å². The number of carbonyl (C=O) groups is 2. The third-order valence-corrected chi connectivity index (χ3v) is 5.04. The summed E-state index contributed by atoms with van der Waals surface area (Å²) in [5.74, 6) is 0.476. The van der Waals surface area contributed by atoms with Crippen LogP contribution in [0.1, 0.15) is 42.1 Å². The molecule has 0 aliphatic carbocycles. The number of pyridine rings is 1. The van der Waals surface area contributed by atoms with E-state index in [2.05, 4.69) is 34.3 Å². The summed E-state index contributed by atoms with van der Waals surface area (Å²) in [5.41, 5.74) is 2.05. The second-order valence-corrected chi connectivity index (χ2v) is 7.74. The number of aromatic nitrogens is 3. The number of carbonyl (C=O) groups excluding carboxylic acids is 2. The zero-order chi connectivity index (χ0) is 20.8. The fourth-order valence-electron chi connectivity index (χ4n) is 2.78. The van der Waals surface area contributed by atoms with Crippen LogP contribution >= 0.6 is 11.3 Å². The van der Waals surface area contributed by atoms with Crippen molar-refractivity contribution >= 4 is 28.2 Å². The molecule has 0 unspecified atom stereocenters. The van der Waals surface area contributed by atoms with Crippen LogP contribution < -0.4 is 5.32 Å². The summed E-state index contributed by atoms with van der Waals surface area (Å²) < 4.78 is 10.1. The summed E-state index contributed by atoms with van der Waals surface area (Å²) in [5, 5.41) is 9.11. The van der Waals surface area contributed by atoms with Crippen molar-refractivity contribution in [1.82, 2.24) is 15.1 Å². The van der Waals surface area contributed by atoms with Crippen LogP contribution in [0.25, 0.3) is 11.4 Å². The van der Waals surface area contributed by atoms with Crippen molar-refractivity contribution < 1.29 is 18.8 Å². The Bertz CT molecular complexity index is 982. The second-order valence-electron chi connectivity index (χ2n) is 6.86. The average Bonchev–Trinajstić information content (AvgIpc) is 3.33. The predicted octanol–water partition coefficient (Wildman–Crippen LogP) is 3.75. The minimum absolute atomic E-state index is 0.146. The van der Waals surface area contributed by atoms with Gasteiger partial charge in [0.05, 0.1) is 12.7 Å². The Hall–Kier alpha value is -3.07. The van der Waals surface area contributed by atoms with Gasteiger partial charge in [0.1, 0.15) is 5.00 Å². The van der Waals surface area contributed by atoms with E-state index in [4.69, 9.17) is 9.26 Å². The number of nitrogens with zero attached hydrogens (tertiary/aromatic N) is 3. The highest BCUT2D eigenvalue weighted by atomic mass is 32.1. The molecule has 0 fully saturated rings. The molecule has 0 atom stereocenters. The van der Waals surface area contributed by atoms with Crippen molar-refractivity contribution in [2.45, 2.75) is 33.1 Å². The number of rotatable bonds is 8. The van der Waals surface area contributed by atoms with Crippen LogP contribution in [-0.4, -0.2) is 34.1 Å². The number of aryl methyl sites for hydroxylation is 1. The Morgan fingerprint density at radius 3 is 2.86 bits per heavy atom. The van der Waals surface area contributed by atoms with Crippen molar-refractivity contribution in [2.24, 2.45) is 5.92 Å². The zero-order valence-corrected chi connectivity index (χ0v) is 17.3. The van der Waals surface area contributed by atoms with Crippen molar-refractivity contribution in [3.8, 4) is 11.4 Å². The molecular weight excluding hydrogens is 392 g/mol. The largest absolute Gasteiger partial charge is 0.465 e. The molecule has 1 N–H and O–H groups in total. The quantitative estimate of drug-likeness (QED) is 0.559. The maximum atomic E-state index is 12.4. The SMILES string of the molecule is COC(=O)c1c(CC(C)C)csc1NC(=O)CCc1nc(-c2cccnc2)no1. The van der Waals surface area contributed by atoms with Crippen LogP contribution in [0, 0.1) is 5.92 Å². The van der Waals surface area contributed by atoms with Gasteiger partial charge >= 0.3 is 5.97 Å². The first-order valence-electron chi connectivity index (χ1n) is 9.19. The zero-order valence-electron chi connectivity index (χ0n) is 16.5. The van der Waals surface area contributed by atoms with Gasteiger partial charge in [-0.3, -0.25) is 9.78 Å². The van der Waals surface area contributed by atoms with Gasteiger partial charge in [0.25, 0.3) is 0 Å². The molecule has 0 aromatic carbocycles. The molecule has 0 bridgehead atoms. The van der Waals surface area contributed by atoms with Crippen LogP contribution in [0.3, 0.4) is 0 Å². The van der Waals surface area contributed by atoms with Gasteiger partial charge in [-0.25, -0.2) is 4.79 Å². The molecule has 0 spiro atoms. The maximum Gasteiger partial charge on any atom is 0.341 e. The molecule has 3 rings (SSSR count). The predicted molar refractivity (Wildman–Crippen MR) is 109 cm³/mol. The van der Waals surface area contributed by atoms with Gasteiger partial charge in [0.2, 0.25) is 17.6 Å². The number of amides is 1. The first-order chi connectivity index (χ1) is 14.0. The van der Waals surface area contributed by atoms with Gasteiger partial charge in [-0.1, -0.05) is 19.0 Å². The minimum atomic E-state index is -0.449. The molecule has 3 aromatic rings. The van der Waals surface area contributed by atoms with E-state index in [1.807, 2.05) is 11.4 Å². The third-order valence-electron chi connectivity index (χ3n) is 4.09. The Balaban J connectivity index is 1.63.